The molecular weight excluding hydrogens is 264 g/mol. The Kier molecular flexibility index (Phi) is 2.74. The summed E-state index contributed by atoms with van der Waals surface area (Å²) in [5, 5.41) is 0. The van der Waals surface area contributed by atoms with Crippen LogP contribution in [0.15, 0.2) is 0 Å². The lowest BCUT2D eigenvalue weighted by Gasteiger charge is -2.42. The molecule has 20 heavy (non-hydrogen) atoms. The summed E-state index contributed by atoms with van der Waals surface area (Å²) in [5.74, 6) is -3.55. The highest BCUT2D eigenvalue weighted by Gasteiger charge is 2.58. The number of rotatable bonds is 1. The smallest absolute Gasteiger partial charge is 0.318 e. The minimum Gasteiger partial charge on any atom is -0.393 e. The number of hydrogen-bond donors (Lipinski definition) is 0. The van der Waals surface area contributed by atoms with Crippen LogP contribution < -0.4 is 0 Å². The highest BCUT2D eigenvalue weighted by Crippen LogP contribution is 2.53. The highest BCUT2D eigenvalue weighted by atomic mass is 16.6. The van der Waals surface area contributed by atoms with Gasteiger partial charge in [-0.05, 0) is 24.2 Å². The first-order chi connectivity index (χ1) is 9.29. The Hall–Kier alpha value is -1.72. The molecule has 0 spiro atoms. The third-order valence-electron chi connectivity index (χ3n) is 4.82. The van der Waals surface area contributed by atoms with Gasteiger partial charge in [0, 0.05) is 0 Å². The van der Waals surface area contributed by atoms with Gasteiger partial charge in [0.05, 0.1) is 24.2 Å². The Morgan fingerprint density at radius 3 is 2.20 bits per heavy atom. The van der Waals surface area contributed by atoms with Crippen molar-refractivity contribution in [1.29, 1.82) is 0 Å². The van der Waals surface area contributed by atoms with E-state index in [1.165, 1.54) is 0 Å². The van der Waals surface area contributed by atoms with Crippen molar-refractivity contribution in [2.24, 2.45) is 29.1 Å². The molecule has 3 fully saturated rings. The number of hydrogen-bond acceptors (Lipinski definition) is 6. The molecule has 0 aromatic rings. The van der Waals surface area contributed by atoms with Crippen LogP contribution in [0.25, 0.3) is 0 Å². The molecule has 1 saturated carbocycles. The van der Waals surface area contributed by atoms with E-state index in [2.05, 4.69) is 4.74 Å². The standard InChI is InChI=1S/C14H16O6/c1-14(2)5-6(7-4-9(15)19-11(7)16)3-8-10(14)13(18)20-12(8)17/h6-8,10H,3-5H2,1-2H3. The first-order valence-corrected chi connectivity index (χ1v) is 6.79. The van der Waals surface area contributed by atoms with E-state index in [-0.39, 0.29) is 12.3 Å². The zero-order valence-electron chi connectivity index (χ0n) is 11.4. The molecule has 1 aliphatic carbocycles. The van der Waals surface area contributed by atoms with Gasteiger partial charge < -0.3 is 9.47 Å². The Morgan fingerprint density at radius 2 is 1.60 bits per heavy atom. The van der Waals surface area contributed by atoms with Gasteiger partial charge in [0.2, 0.25) is 0 Å². The van der Waals surface area contributed by atoms with Crippen molar-refractivity contribution >= 4 is 23.9 Å². The average molecular weight is 280 g/mol. The van der Waals surface area contributed by atoms with Crippen molar-refractivity contribution in [1.82, 2.24) is 0 Å². The van der Waals surface area contributed by atoms with E-state index < -0.39 is 47.0 Å². The SMILES string of the molecule is CC1(C)CC(C2CC(=O)OC2=O)CC2C(=O)OC(=O)C21. The molecule has 0 bridgehead atoms. The summed E-state index contributed by atoms with van der Waals surface area (Å²) >= 11 is 0. The quantitative estimate of drug-likeness (QED) is 0.522. The molecule has 4 atom stereocenters. The van der Waals surface area contributed by atoms with E-state index in [0.717, 1.165) is 0 Å². The van der Waals surface area contributed by atoms with Crippen molar-refractivity contribution in [2.45, 2.75) is 33.1 Å². The molecule has 3 aliphatic rings. The normalized spacial score (nSPS) is 39.5. The van der Waals surface area contributed by atoms with Crippen LogP contribution in [0.3, 0.4) is 0 Å². The van der Waals surface area contributed by atoms with Gasteiger partial charge in [-0.3, -0.25) is 19.2 Å². The molecule has 0 aromatic heterocycles. The molecular formula is C14H16O6. The third kappa shape index (κ3) is 1.85. The van der Waals surface area contributed by atoms with Crippen molar-refractivity contribution < 1.29 is 28.7 Å². The van der Waals surface area contributed by atoms with E-state index in [9.17, 15) is 19.2 Å². The Balaban J connectivity index is 1.87. The number of esters is 4. The maximum absolute atomic E-state index is 11.8. The molecule has 3 rings (SSSR count). The molecule has 108 valence electrons. The Bertz CT molecular complexity index is 520. The topological polar surface area (TPSA) is 86.7 Å². The molecule has 0 N–H and O–H groups in total. The monoisotopic (exact) mass is 280 g/mol. The van der Waals surface area contributed by atoms with Gasteiger partial charge in [0.1, 0.15) is 0 Å². The molecule has 4 unspecified atom stereocenters. The molecule has 2 saturated heterocycles. The zero-order valence-corrected chi connectivity index (χ0v) is 11.4. The molecule has 6 heteroatoms. The minimum atomic E-state index is -0.509. The lowest BCUT2D eigenvalue weighted by Crippen LogP contribution is -2.43. The Morgan fingerprint density at radius 1 is 0.950 bits per heavy atom. The molecule has 6 nitrogen and oxygen atoms in total. The Labute approximate surface area is 115 Å². The minimum absolute atomic E-state index is 0.0694. The average Bonchev–Trinajstić information content (AvgIpc) is 2.79. The fraction of sp³-hybridized carbons (Fsp3) is 0.714. The van der Waals surface area contributed by atoms with Gasteiger partial charge in [-0.15, -0.1) is 0 Å². The van der Waals surface area contributed by atoms with Crippen LogP contribution in [0.2, 0.25) is 0 Å². The lowest BCUT2D eigenvalue weighted by molar-refractivity contribution is -0.156. The predicted octanol–water partition coefficient (Wildman–Crippen LogP) is 0.828. The zero-order chi connectivity index (χ0) is 14.7. The first-order valence-electron chi connectivity index (χ1n) is 6.79. The summed E-state index contributed by atoms with van der Waals surface area (Å²) in [5.41, 5.74) is -0.428. The second kappa shape index (κ2) is 4.14. The van der Waals surface area contributed by atoms with Gasteiger partial charge >= 0.3 is 23.9 Å². The number of fused-ring (bicyclic) bond motifs is 1. The summed E-state index contributed by atoms with van der Waals surface area (Å²) < 4.78 is 9.34. The maximum atomic E-state index is 11.8. The van der Waals surface area contributed by atoms with Gasteiger partial charge in [-0.1, -0.05) is 13.8 Å². The fourth-order valence-corrected chi connectivity index (χ4v) is 4.00. The van der Waals surface area contributed by atoms with Gasteiger partial charge in [0.25, 0.3) is 0 Å². The van der Waals surface area contributed by atoms with Gasteiger partial charge in [-0.25, -0.2) is 0 Å². The van der Waals surface area contributed by atoms with E-state index in [4.69, 9.17) is 4.74 Å². The molecule has 0 amide bonds. The largest absolute Gasteiger partial charge is 0.393 e. The summed E-state index contributed by atoms with van der Waals surface area (Å²) in [6.45, 7) is 3.80. The summed E-state index contributed by atoms with van der Waals surface area (Å²) in [6, 6.07) is 0. The molecule has 0 radical (unpaired) electrons. The first kappa shape index (κ1) is 13.3. The molecule has 2 aliphatic heterocycles. The van der Waals surface area contributed by atoms with Crippen LogP contribution in [0.1, 0.15) is 33.1 Å². The number of cyclic esters (lactones) is 4. The lowest BCUT2D eigenvalue weighted by atomic mass is 9.58. The number of carbonyl (C=O) groups is 4. The van der Waals surface area contributed by atoms with E-state index in [1.54, 1.807) is 0 Å². The predicted molar refractivity (Wildman–Crippen MR) is 63.8 cm³/mol. The highest BCUT2D eigenvalue weighted by molar-refractivity contribution is 5.97. The third-order valence-corrected chi connectivity index (χ3v) is 4.82. The number of carbonyl (C=O) groups excluding carboxylic acids is 4. The van der Waals surface area contributed by atoms with E-state index in [0.29, 0.717) is 12.8 Å². The van der Waals surface area contributed by atoms with Crippen molar-refractivity contribution in [3.8, 4) is 0 Å². The van der Waals surface area contributed by atoms with Gasteiger partial charge in [-0.2, -0.15) is 0 Å². The van der Waals surface area contributed by atoms with Crippen LogP contribution in [-0.4, -0.2) is 23.9 Å². The van der Waals surface area contributed by atoms with E-state index >= 15 is 0 Å². The maximum Gasteiger partial charge on any atom is 0.318 e. The van der Waals surface area contributed by atoms with Gasteiger partial charge in [0.15, 0.2) is 0 Å². The van der Waals surface area contributed by atoms with Crippen LogP contribution in [0.4, 0.5) is 0 Å². The van der Waals surface area contributed by atoms with Crippen LogP contribution in [-0.2, 0) is 28.7 Å². The van der Waals surface area contributed by atoms with E-state index in [1.807, 2.05) is 13.8 Å². The van der Waals surface area contributed by atoms with Crippen LogP contribution >= 0.6 is 0 Å². The second-order valence-corrected chi connectivity index (χ2v) is 6.62. The summed E-state index contributed by atoms with van der Waals surface area (Å²) in [7, 11) is 0. The van der Waals surface area contributed by atoms with Crippen LogP contribution in [0.5, 0.6) is 0 Å². The molecule has 2 heterocycles. The van der Waals surface area contributed by atoms with Crippen molar-refractivity contribution in [3.05, 3.63) is 0 Å². The second-order valence-electron chi connectivity index (χ2n) is 6.62. The van der Waals surface area contributed by atoms with Crippen molar-refractivity contribution in [3.63, 3.8) is 0 Å². The fourth-order valence-electron chi connectivity index (χ4n) is 4.00. The molecule has 0 aromatic carbocycles. The summed E-state index contributed by atoms with van der Waals surface area (Å²) in [6.07, 6.45) is 1.08. The summed E-state index contributed by atoms with van der Waals surface area (Å²) in [4.78, 5) is 46.5. The van der Waals surface area contributed by atoms with Crippen molar-refractivity contribution in [2.75, 3.05) is 0 Å². The number of ether oxygens (including phenoxy) is 2. The van der Waals surface area contributed by atoms with Crippen LogP contribution in [0, 0.1) is 29.1 Å².